The molecule has 0 unspecified atom stereocenters. The number of nitrogens with one attached hydrogen (secondary N) is 1. The summed E-state index contributed by atoms with van der Waals surface area (Å²) in [5.74, 6) is 0.670. The van der Waals surface area contributed by atoms with Crippen molar-refractivity contribution in [3.05, 3.63) is 65.3 Å². The first-order valence-electron chi connectivity index (χ1n) is 8.62. The van der Waals surface area contributed by atoms with E-state index in [2.05, 4.69) is 32.3 Å². The smallest absolute Gasteiger partial charge is 0.255 e. The van der Waals surface area contributed by atoms with Gasteiger partial charge < -0.3 is 10.2 Å². The van der Waals surface area contributed by atoms with Crippen LogP contribution >= 0.6 is 0 Å². The van der Waals surface area contributed by atoms with Crippen LogP contribution < -0.4 is 15.8 Å². The van der Waals surface area contributed by atoms with E-state index in [0.717, 1.165) is 25.2 Å². The molecule has 1 aromatic carbocycles. The molecule has 1 aliphatic heterocycles. The van der Waals surface area contributed by atoms with Crippen molar-refractivity contribution in [3.8, 4) is 11.4 Å². The molecule has 26 heavy (non-hydrogen) atoms. The van der Waals surface area contributed by atoms with Crippen LogP contribution in [0.1, 0.15) is 6.42 Å². The zero-order valence-corrected chi connectivity index (χ0v) is 14.5. The number of hydrogen-bond acceptors (Lipinski definition) is 6. The fourth-order valence-corrected chi connectivity index (χ4v) is 3.21. The topological polar surface area (TPSA) is 75.9 Å². The van der Waals surface area contributed by atoms with Gasteiger partial charge in [0.2, 0.25) is 5.95 Å². The summed E-state index contributed by atoms with van der Waals surface area (Å²) in [5.41, 5.74) is 2.24. The van der Waals surface area contributed by atoms with Crippen LogP contribution in [0.15, 0.2) is 59.8 Å². The van der Waals surface area contributed by atoms with Crippen LogP contribution in [0, 0.1) is 0 Å². The van der Waals surface area contributed by atoms with Crippen molar-refractivity contribution in [2.45, 2.75) is 12.5 Å². The third kappa shape index (κ3) is 3.28. The Kier molecular flexibility index (Phi) is 4.35. The number of anilines is 2. The minimum atomic E-state index is -0.0944. The second-order valence-electron chi connectivity index (χ2n) is 6.38. The van der Waals surface area contributed by atoms with E-state index in [9.17, 15) is 4.79 Å². The Labute approximate surface area is 151 Å². The predicted octanol–water partition coefficient (Wildman–Crippen LogP) is 1.93. The van der Waals surface area contributed by atoms with Crippen LogP contribution in [-0.2, 0) is 7.05 Å². The van der Waals surface area contributed by atoms with Gasteiger partial charge in [-0.15, -0.1) is 0 Å². The maximum Gasteiger partial charge on any atom is 0.255 e. The number of nitrogens with zero attached hydrogens (tertiary/aromatic N) is 5. The van der Waals surface area contributed by atoms with Gasteiger partial charge in [-0.1, -0.05) is 18.2 Å². The highest BCUT2D eigenvalue weighted by Crippen LogP contribution is 2.22. The Morgan fingerprint density at radius 1 is 1.15 bits per heavy atom. The summed E-state index contributed by atoms with van der Waals surface area (Å²) in [6.45, 7) is 1.64. The number of hydrogen-bond donors (Lipinski definition) is 1. The SMILES string of the molecule is Cn1c(N2CC[C@H](Nc3ccccc3)C2)nc(-c2ccncn2)cc1=O. The lowest BCUT2D eigenvalue weighted by molar-refractivity contribution is 0.759. The largest absolute Gasteiger partial charge is 0.380 e. The molecule has 1 fully saturated rings. The van der Waals surface area contributed by atoms with Crippen molar-refractivity contribution in [3.63, 3.8) is 0 Å². The molecule has 0 aliphatic carbocycles. The van der Waals surface area contributed by atoms with Gasteiger partial charge in [-0.25, -0.2) is 15.0 Å². The van der Waals surface area contributed by atoms with E-state index in [-0.39, 0.29) is 5.56 Å². The zero-order chi connectivity index (χ0) is 17.9. The molecule has 0 spiro atoms. The summed E-state index contributed by atoms with van der Waals surface area (Å²) in [6.07, 6.45) is 4.10. The monoisotopic (exact) mass is 348 g/mol. The van der Waals surface area contributed by atoms with Crippen molar-refractivity contribution >= 4 is 11.6 Å². The molecule has 3 aromatic rings. The molecule has 1 saturated heterocycles. The predicted molar refractivity (Wildman–Crippen MR) is 101 cm³/mol. The normalized spacial score (nSPS) is 16.7. The lowest BCUT2D eigenvalue weighted by atomic mass is 10.2. The van der Waals surface area contributed by atoms with Gasteiger partial charge in [0, 0.05) is 44.1 Å². The molecule has 2 aromatic heterocycles. The van der Waals surface area contributed by atoms with Crippen LogP contribution in [0.3, 0.4) is 0 Å². The zero-order valence-electron chi connectivity index (χ0n) is 14.5. The van der Waals surface area contributed by atoms with E-state index in [0.29, 0.717) is 23.4 Å². The first-order valence-corrected chi connectivity index (χ1v) is 8.62. The Morgan fingerprint density at radius 2 is 2.00 bits per heavy atom. The number of para-hydroxylation sites is 1. The Balaban J connectivity index is 1.58. The quantitative estimate of drug-likeness (QED) is 0.776. The first-order chi connectivity index (χ1) is 12.7. The van der Waals surface area contributed by atoms with E-state index in [1.54, 1.807) is 23.9 Å². The summed E-state index contributed by atoms with van der Waals surface area (Å²) in [6, 6.07) is 13.8. The van der Waals surface area contributed by atoms with Crippen LogP contribution in [0.4, 0.5) is 11.6 Å². The molecule has 132 valence electrons. The van der Waals surface area contributed by atoms with Gasteiger partial charge in [0.1, 0.15) is 6.33 Å². The minimum absolute atomic E-state index is 0.0944. The highest BCUT2D eigenvalue weighted by Gasteiger charge is 2.25. The van der Waals surface area contributed by atoms with Gasteiger partial charge in [0.05, 0.1) is 11.4 Å². The standard InChI is InChI=1S/C19H20N6O/c1-24-18(26)11-17(16-7-9-20-13-21-16)23-19(24)25-10-8-15(12-25)22-14-5-3-2-4-6-14/h2-7,9,11,13,15,22H,8,10,12H2,1H3/t15-/m0/s1. The Bertz CT molecular complexity index is 941. The second-order valence-corrected chi connectivity index (χ2v) is 6.38. The van der Waals surface area contributed by atoms with Gasteiger partial charge >= 0.3 is 0 Å². The van der Waals surface area contributed by atoms with E-state index < -0.39 is 0 Å². The van der Waals surface area contributed by atoms with Crippen molar-refractivity contribution in [1.29, 1.82) is 0 Å². The Morgan fingerprint density at radius 3 is 2.77 bits per heavy atom. The second kappa shape index (κ2) is 6.95. The summed E-state index contributed by atoms with van der Waals surface area (Å²) in [4.78, 5) is 27.4. The first kappa shape index (κ1) is 16.3. The molecule has 0 amide bonds. The molecule has 3 heterocycles. The molecular formula is C19H20N6O. The lowest BCUT2D eigenvalue weighted by Crippen LogP contribution is -2.32. The van der Waals surface area contributed by atoms with Crippen molar-refractivity contribution in [2.75, 3.05) is 23.3 Å². The molecule has 1 aliphatic rings. The average molecular weight is 348 g/mol. The van der Waals surface area contributed by atoms with E-state index in [4.69, 9.17) is 4.98 Å². The van der Waals surface area contributed by atoms with Crippen LogP contribution in [0.5, 0.6) is 0 Å². The van der Waals surface area contributed by atoms with Gasteiger partial charge in [0.15, 0.2) is 0 Å². The molecule has 4 rings (SSSR count). The molecule has 0 radical (unpaired) electrons. The number of aromatic nitrogens is 4. The van der Waals surface area contributed by atoms with Crippen molar-refractivity contribution < 1.29 is 0 Å². The van der Waals surface area contributed by atoms with Crippen molar-refractivity contribution in [1.82, 2.24) is 19.5 Å². The minimum Gasteiger partial charge on any atom is -0.380 e. The fraction of sp³-hybridized carbons (Fsp3) is 0.263. The van der Waals surface area contributed by atoms with Crippen LogP contribution in [0.2, 0.25) is 0 Å². The van der Waals surface area contributed by atoms with Gasteiger partial charge in [-0.05, 0) is 24.6 Å². The van der Waals surface area contributed by atoms with E-state index in [1.165, 1.54) is 12.4 Å². The van der Waals surface area contributed by atoms with Gasteiger partial charge in [-0.2, -0.15) is 0 Å². The van der Waals surface area contributed by atoms with E-state index >= 15 is 0 Å². The summed E-state index contributed by atoms with van der Waals surface area (Å²) >= 11 is 0. The van der Waals surface area contributed by atoms with Crippen LogP contribution in [-0.4, -0.2) is 38.7 Å². The number of rotatable bonds is 4. The molecule has 0 bridgehead atoms. The lowest BCUT2D eigenvalue weighted by Gasteiger charge is -2.21. The molecule has 7 heteroatoms. The third-order valence-electron chi connectivity index (χ3n) is 4.57. The van der Waals surface area contributed by atoms with Gasteiger partial charge in [0.25, 0.3) is 5.56 Å². The summed E-state index contributed by atoms with van der Waals surface area (Å²) in [5, 5.41) is 3.54. The van der Waals surface area contributed by atoms with Gasteiger partial charge in [-0.3, -0.25) is 9.36 Å². The Hall–Kier alpha value is -3.22. The van der Waals surface area contributed by atoms with Crippen molar-refractivity contribution in [2.24, 2.45) is 7.05 Å². The summed E-state index contributed by atoms with van der Waals surface area (Å²) in [7, 11) is 1.76. The number of benzene rings is 1. The van der Waals surface area contributed by atoms with E-state index in [1.807, 2.05) is 18.2 Å². The summed E-state index contributed by atoms with van der Waals surface area (Å²) < 4.78 is 1.59. The molecule has 1 N–H and O–H groups in total. The molecular weight excluding hydrogens is 328 g/mol. The highest BCUT2D eigenvalue weighted by molar-refractivity contribution is 5.55. The third-order valence-corrected chi connectivity index (χ3v) is 4.57. The maximum atomic E-state index is 12.4. The highest BCUT2D eigenvalue weighted by atomic mass is 16.1. The molecule has 1 atom stereocenters. The van der Waals surface area contributed by atoms with Crippen LogP contribution in [0.25, 0.3) is 11.4 Å². The molecule has 0 saturated carbocycles. The molecule has 7 nitrogen and oxygen atoms in total. The average Bonchev–Trinajstić information content (AvgIpc) is 3.13. The fourth-order valence-electron chi connectivity index (χ4n) is 3.21. The maximum absolute atomic E-state index is 12.4.